The predicted molar refractivity (Wildman–Crippen MR) is 91.5 cm³/mol. The van der Waals surface area contributed by atoms with Crippen LogP contribution in [-0.2, 0) is 6.42 Å². The maximum atomic E-state index is 9.16. The van der Waals surface area contributed by atoms with Gasteiger partial charge < -0.3 is 5.11 Å². The molecule has 0 heterocycles. The van der Waals surface area contributed by atoms with Gasteiger partial charge in [-0.2, -0.15) is 0 Å². The van der Waals surface area contributed by atoms with E-state index in [-0.39, 0.29) is 7.43 Å². The average Bonchev–Trinajstić information content (AvgIpc) is 2.48. The monoisotopic (exact) mass is 274 g/mol. The molecule has 0 radical (unpaired) electrons. The van der Waals surface area contributed by atoms with Crippen molar-refractivity contribution < 1.29 is 5.11 Å². The molecule has 0 saturated heterocycles. The summed E-state index contributed by atoms with van der Waals surface area (Å²) < 4.78 is 0. The molecule has 2 aromatic carbocycles. The summed E-state index contributed by atoms with van der Waals surface area (Å²) in [6.07, 6.45) is 0.917. The standard InChI is InChI=1S/C14H14O.2C2H6.CH4/c1-11-2-4-12(5-3-11)10-13-6-8-14(15)9-7-13;2*1-2;/h2-9,15H,10H2,1H3;2*1-2H3;1H4. The number of phenols is 1. The van der Waals surface area contributed by atoms with Gasteiger partial charge in [-0.1, -0.05) is 77.1 Å². The van der Waals surface area contributed by atoms with Crippen LogP contribution in [0.2, 0.25) is 0 Å². The molecule has 112 valence electrons. The Morgan fingerprint density at radius 2 is 1.05 bits per heavy atom. The number of hydrogen-bond donors (Lipinski definition) is 1. The molecule has 2 aromatic rings. The number of aromatic hydroxyl groups is 1. The molecule has 0 aliphatic carbocycles. The van der Waals surface area contributed by atoms with Gasteiger partial charge in [0.05, 0.1) is 0 Å². The Morgan fingerprint density at radius 3 is 1.45 bits per heavy atom. The molecule has 0 aliphatic heterocycles. The molecule has 0 bridgehead atoms. The van der Waals surface area contributed by atoms with Crippen molar-refractivity contribution in [1.82, 2.24) is 0 Å². The van der Waals surface area contributed by atoms with E-state index in [1.165, 1.54) is 16.7 Å². The second kappa shape index (κ2) is 12.3. The van der Waals surface area contributed by atoms with Gasteiger partial charge in [0.2, 0.25) is 0 Å². The fourth-order valence-electron chi connectivity index (χ4n) is 1.56. The zero-order chi connectivity index (χ0) is 14.7. The van der Waals surface area contributed by atoms with Crippen molar-refractivity contribution in [3.63, 3.8) is 0 Å². The van der Waals surface area contributed by atoms with Crippen molar-refractivity contribution in [1.29, 1.82) is 0 Å². The van der Waals surface area contributed by atoms with E-state index < -0.39 is 0 Å². The van der Waals surface area contributed by atoms with Crippen LogP contribution >= 0.6 is 0 Å². The highest BCUT2D eigenvalue weighted by atomic mass is 16.3. The van der Waals surface area contributed by atoms with Crippen molar-refractivity contribution in [3.8, 4) is 5.75 Å². The van der Waals surface area contributed by atoms with Gasteiger partial charge in [-0.15, -0.1) is 0 Å². The zero-order valence-corrected chi connectivity index (χ0v) is 12.8. The van der Waals surface area contributed by atoms with Crippen molar-refractivity contribution in [2.24, 2.45) is 0 Å². The van der Waals surface area contributed by atoms with Crippen molar-refractivity contribution in [2.75, 3.05) is 0 Å². The van der Waals surface area contributed by atoms with E-state index in [4.69, 9.17) is 5.11 Å². The van der Waals surface area contributed by atoms with Crippen LogP contribution in [0.1, 0.15) is 51.8 Å². The van der Waals surface area contributed by atoms with E-state index in [0.29, 0.717) is 5.75 Å². The van der Waals surface area contributed by atoms with Gasteiger partial charge in [0.25, 0.3) is 0 Å². The van der Waals surface area contributed by atoms with Crippen LogP contribution in [0.15, 0.2) is 48.5 Å². The summed E-state index contributed by atoms with van der Waals surface area (Å²) in [4.78, 5) is 0. The molecule has 1 heteroatoms. The van der Waals surface area contributed by atoms with Gasteiger partial charge in [-0.3, -0.25) is 0 Å². The normalized spacial score (nSPS) is 8.25. The molecular formula is C19H30O. The zero-order valence-electron chi connectivity index (χ0n) is 12.8. The maximum Gasteiger partial charge on any atom is 0.115 e. The summed E-state index contributed by atoms with van der Waals surface area (Å²) in [6, 6.07) is 15.9. The molecule has 0 amide bonds. The highest BCUT2D eigenvalue weighted by Gasteiger charge is 1.96. The third kappa shape index (κ3) is 7.63. The summed E-state index contributed by atoms with van der Waals surface area (Å²) in [5.74, 6) is 0.322. The highest BCUT2D eigenvalue weighted by Crippen LogP contribution is 2.14. The first kappa shape index (κ1) is 20.6. The minimum Gasteiger partial charge on any atom is -0.508 e. The number of rotatable bonds is 2. The fourth-order valence-corrected chi connectivity index (χ4v) is 1.56. The third-order valence-electron chi connectivity index (χ3n) is 2.47. The van der Waals surface area contributed by atoms with E-state index in [0.717, 1.165) is 6.42 Å². The molecule has 0 aliphatic rings. The maximum absolute atomic E-state index is 9.16. The molecule has 20 heavy (non-hydrogen) atoms. The van der Waals surface area contributed by atoms with E-state index in [9.17, 15) is 0 Å². The second-order valence-corrected chi connectivity index (χ2v) is 3.83. The summed E-state index contributed by atoms with van der Waals surface area (Å²) in [6.45, 7) is 10.1. The van der Waals surface area contributed by atoms with Crippen LogP contribution in [0, 0.1) is 6.92 Å². The molecular weight excluding hydrogens is 244 g/mol. The number of phenolic OH excluding ortho intramolecular Hbond substituents is 1. The SMILES string of the molecule is C.CC.CC.Cc1ccc(Cc2ccc(O)cc2)cc1. The Hall–Kier alpha value is -1.76. The van der Waals surface area contributed by atoms with Crippen molar-refractivity contribution >= 4 is 0 Å². The number of hydrogen-bond acceptors (Lipinski definition) is 1. The Balaban J connectivity index is 0. The van der Waals surface area contributed by atoms with E-state index in [1.54, 1.807) is 12.1 Å². The Bertz CT molecular complexity index is 383. The summed E-state index contributed by atoms with van der Waals surface area (Å²) in [5, 5.41) is 9.16. The smallest absolute Gasteiger partial charge is 0.115 e. The Kier molecular flexibility index (Phi) is 12.6. The lowest BCUT2D eigenvalue weighted by molar-refractivity contribution is 0.475. The van der Waals surface area contributed by atoms with Crippen LogP contribution in [0.25, 0.3) is 0 Å². The summed E-state index contributed by atoms with van der Waals surface area (Å²) in [5.41, 5.74) is 3.80. The second-order valence-electron chi connectivity index (χ2n) is 3.83. The number of benzene rings is 2. The van der Waals surface area contributed by atoms with Crippen LogP contribution in [0.3, 0.4) is 0 Å². The molecule has 2 rings (SSSR count). The van der Waals surface area contributed by atoms with Gasteiger partial charge in [-0.05, 0) is 36.6 Å². The lowest BCUT2D eigenvalue weighted by atomic mass is 10.0. The van der Waals surface area contributed by atoms with E-state index in [1.807, 2.05) is 39.8 Å². The van der Waals surface area contributed by atoms with E-state index in [2.05, 4.69) is 31.2 Å². The molecule has 1 nitrogen and oxygen atoms in total. The predicted octanol–water partition coefficient (Wildman–Crippen LogP) is 5.98. The van der Waals surface area contributed by atoms with Gasteiger partial charge in [0, 0.05) is 0 Å². The topological polar surface area (TPSA) is 20.2 Å². The first-order chi connectivity index (χ1) is 9.24. The minimum absolute atomic E-state index is 0. The number of aryl methyl sites for hydroxylation is 1. The fraction of sp³-hybridized carbons (Fsp3) is 0.368. The molecule has 0 fully saturated rings. The van der Waals surface area contributed by atoms with Gasteiger partial charge in [0.1, 0.15) is 5.75 Å². The molecule has 1 N–H and O–H groups in total. The highest BCUT2D eigenvalue weighted by molar-refractivity contribution is 5.31. The first-order valence-corrected chi connectivity index (χ1v) is 7.07. The Labute approximate surface area is 125 Å². The molecule has 0 aromatic heterocycles. The van der Waals surface area contributed by atoms with Crippen LogP contribution in [-0.4, -0.2) is 5.11 Å². The third-order valence-corrected chi connectivity index (χ3v) is 2.47. The lowest BCUT2D eigenvalue weighted by Gasteiger charge is -2.02. The summed E-state index contributed by atoms with van der Waals surface area (Å²) in [7, 11) is 0. The van der Waals surface area contributed by atoms with Crippen molar-refractivity contribution in [3.05, 3.63) is 65.2 Å². The lowest BCUT2D eigenvalue weighted by Crippen LogP contribution is -1.87. The first-order valence-electron chi connectivity index (χ1n) is 7.07. The molecule has 0 atom stereocenters. The van der Waals surface area contributed by atoms with Crippen molar-refractivity contribution in [2.45, 2.75) is 48.5 Å². The van der Waals surface area contributed by atoms with Crippen LogP contribution in [0.5, 0.6) is 5.75 Å². The molecule has 0 saturated carbocycles. The van der Waals surface area contributed by atoms with Gasteiger partial charge in [0.15, 0.2) is 0 Å². The van der Waals surface area contributed by atoms with Crippen LogP contribution < -0.4 is 0 Å². The van der Waals surface area contributed by atoms with Gasteiger partial charge in [-0.25, -0.2) is 0 Å². The Morgan fingerprint density at radius 1 is 0.700 bits per heavy atom. The average molecular weight is 274 g/mol. The quantitative estimate of drug-likeness (QED) is 0.714. The van der Waals surface area contributed by atoms with E-state index >= 15 is 0 Å². The van der Waals surface area contributed by atoms with Gasteiger partial charge >= 0.3 is 0 Å². The molecule has 0 spiro atoms. The largest absolute Gasteiger partial charge is 0.508 e. The minimum atomic E-state index is 0. The summed E-state index contributed by atoms with van der Waals surface area (Å²) >= 11 is 0. The molecule has 0 unspecified atom stereocenters. The van der Waals surface area contributed by atoms with Crippen LogP contribution in [0.4, 0.5) is 0 Å².